The molecule has 1 aliphatic rings. The summed E-state index contributed by atoms with van der Waals surface area (Å²) >= 11 is 0. The molecule has 0 fully saturated rings. The summed E-state index contributed by atoms with van der Waals surface area (Å²) < 4.78 is 20.4. The molecule has 37 heavy (non-hydrogen) atoms. The maximum absolute atomic E-state index is 13.9. The number of esters is 1. The van der Waals surface area contributed by atoms with Crippen LogP contribution in [0.2, 0.25) is 0 Å². The van der Waals surface area contributed by atoms with Gasteiger partial charge in [0.05, 0.1) is 24.1 Å². The van der Waals surface area contributed by atoms with Crippen LogP contribution < -0.4 is 0 Å². The highest BCUT2D eigenvalue weighted by atomic mass is 19.1. The average Bonchev–Trinajstić information content (AvgIpc) is 3.21. The van der Waals surface area contributed by atoms with Crippen LogP contribution >= 0.6 is 0 Å². The Labute approximate surface area is 215 Å². The van der Waals surface area contributed by atoms with Gasteiger partial charge in [-0.2, -0.15) is 5.10 Å². The number of hydrogen-bond acceptors (Lipinski definition) is 4. The lowest BCUT2D eigenvalue weighted by atomic mass is 10.0. The van der Waals surface area contributed by atoms with Crippen molar-refractivity contribution in [2.75, 3.05) is 20.2 Å². The molecule has 0 atom stereocenters. The fourth-order valence-electron chi connectivity index (χ4n) is 4.77. The average molecular weight is 498 g/mol. The van der Waals surface area contributed by atoms with Gasteiger partial charge in [0.1, 0.15) is 12.4 Å². The fourth-order valence-corrected chi connectivity index (χ4v) is 4.77. The van der Waals surface area contributed by atoms with Crippen molar-refractivity contribution in [2.24, 2.45) is 0 Å². The summed E-state index contributed by atoms with van der Waals surface area (Å²) in [5.74, 6) is -0.648. The van der Waals surface area contributed by atoms with Crippen LogP contribution in [0.1, 0.15) is 27.0 Å². The lowest BCUT2D eigenvalue weighted by molar-refractivity contribution is -0.131. The number of hydrogen-bond donors (Lipinski definition) is 0. The highest BCUT2D eigenvalue weighted by molar-refractivity contribution is 5.89. The smallest absolute Gasteiger partial charge is 0.337 e. The maximum atomic E-state index is 13.9. The molecule has 0 saturated heterocycles. The Morgan fingerprint density at radius 1 is 0.919 bits per heavy atom. The van der Waals surface area contributed by atoms with Crippen molar-refractivity contribution >= 4 is 11.9 Å². The van der Waals surface area contributed by atoms with Crippen LogP contribution in [0, 0.1) is 12.7 Å². The number of rotatable bonds is 5. The number of ether oxygens (including phenoxy) is 1. The normalized spacial score (nSPS) is 13.1. The van der Waals surface area contributed by atoms with Gasteiger partial charge in [0.2, 0.25) is 5.91 Å². The number of carbonyl (C=O) groups excluding carboxylic acids is 2. The van der Waals surface area contributed by atoms with Gasteiger partial charge in [0.25, 0.3) is 0 Å². The largest absolute Gasteiger partial charge is 0.465 e. The minimum absolute atomic E-state index is 0.0249. The molecule has 7 heteroatoms. The van der Waals surface area contributed by atoms with Crippen molar-refractivity contribution in [3.8, 4) is 22.5 Å². The van der Waals surface area contributed by atoms with E-state index in [0.717, 1.165) is 27.9 Å². The number of carbonyl (C=O) groups is 2. The van der Waals surface area contributed by atoms with Gasteiger partial charge < -0.3 is 9.64 Å². The van der Waals surface area contributed by atoms with Gasteiger partial charge in [-0.25, -0.2) is 9.18 Å². The van der Waals surface area contributed by atoms with Crippen molar-refractivity contribution in [1.82, 2.24) is 14.7 Å². The molecule has 5 rings (SSSR count). The molecule has 0 spiro atoms. The third-order valence-electron chi connectivity index (χ3n) is 6.87. The highest BCUT2D eigenvalue weighted by Gasteiger charge is 2.22. The molecule has 2 heterocycles. The molecule has 1 aliphatic heterocycles. The van der Waals surface area contributed by atoms with Crippen LogP contribution in [0.5, 0.6) is 0 Å². The topological polar surface area (TPSA) is 64.4 Å². The fraction of sp³-hybridized carbons (Fsp3) is 0.233. The summed E-state index contributed by atoms with van der Waals surface area (Å²) in [4.78, 5) is 27.3. The molecule has 4 aromatic rings. The van der Waals surface area contributed by atoms with Crippen LogP contribution in [-0.2, 0) is 28.9 Å². The van der Waals surface area contributed by atoms with Crippen LogP contribution in [0.4, 0.5) is 4.39 Å². The first-order valence-electron chi connectivity index (χ1n) is 12.3. The van der Waals surface area contributed by atoms with E-state index < -0.39 is 0 Å². The molecular weight excluding hydrogens is 469 g/mol. The third-order valence-corrected chi connectivity index (χ3v) is 6.87. The molecular formula is C30H28FN3O3. The highest BCUT2D eigenvalue weighted by Crippen LogP contribution is 2.28. The summed E-state index contributed by atoms with van der Waals surface area (Å²) in [6, 6.07) is 22.3. The van der Waals surface area contributed by atoms with E-state index in [1.807, 2.05) is 53.4 Å². The van der Waals surface area contributed by atoms with Crippen molar-refractivity contribution in [3.63, 3.8) is 0 Å². The van der Waals surface area contributed by atoms with Crippen molar-refractivity contribution in [1.29, 1.82) is 0 Å². The SMILES string of the molecule is COC(=O)c1ccc2c(c1)CCN(C(=O)Cn1nc(-c3ccc(F)c(C)c3)cc1-c1ccccc1)CC2. The standard InChI is InChI=1S/C30H28FN3O3/c1-20-16-24(10-11-26(20)31)27-18-28(22-6-4-3-5-7-22)34(32-27)19-29(35)33-14-12-21-8-9-25(30(36)37-2)17-23(21)13-15-33/h3-11,16-18H,12-15,19H2,1-2H3. The van der Waals surface area contributed by atoms with E-state index in [0.29, 0.717) is 42.8 Å². The second-order valence-corrected chi connectivity index (χ2v) is 9.26. The third kappa shape index (κ3) is 5.16. The summed E-state index contributed by atoms with van der Waals surface area (Å²) in [6.45, 7) is 2.97. The van der Waals surface area contributed by atoms with E-state index in [4.69, 9.17) is 9.84 Å². The Morgan fingerprint density at radius 2 is 1.68 bits per heavy atom. The van der Waals surface area contributed by atoms with Crippen LogP contribution in [0.3, 0.4) is 0 Å². The summed E-state index contributed by atoms with van der Waals surface area (Å²) in [7, 11) is 1.37. The zero-order chi connectivity index (χ0) is 25.9. The van der Waals surface area contributed by atoms with Gasteiger partial charge >= 0.3 is 5.97 Å². The van der Waals surface area contributed by atoms with Gasteiger partial charge in [-0.1, -0.05) is 36.4 Å². The molecule has 0 N–H and O–H groups in total. The second kappa shape index (κ2) is 10.4. The molecule has 0 saturated carbocycles. The number of amides is 1. The first-order valence-corrected chi connectivity index (χ1v) is 12.3. The van der Waals surface area contributed by atoms with E-state index in [2.05, 4.69) is 0 Å². The number of nitrogens with zero attached hydrogens (tertiary/aromatic N) is 3. The molecule has 0 radical (unpaired) electrons. The second-order valence-electron chi connectivity index (χ2n) is 9.26. The number of benzene rings is 3. The summed E-state index contributed by atoms with van der Waals surface area (Å²) in [6.07, 6.45) is 1.38. The first kappa shape index (κ1) is 24.4. The molecule has 1 aromatic heterocycles. The number of aromatic nitrogens is 2. The predicted molar refractivity (Wildman–Crippen MR) is 140 cm³/mol. The lowest BCUT2D eigenvalue weighted by Gasteiger charge is -2.21. The van der Waals surface area contributed by atoms with Gasteiger partial charge in [-0.15, -0.1) is 0 Å². The quantitative estimate of drug-likeness (QED) is 0.361. The zero-order valence-corrected chi connectivity index (χ0v) is 20.9. The molecule has 6 nitrogen and oxygen atoms in total. The number of aryl methyl sites for hydroxylation is 1. The van der Waals surface area contributed by atoms with Crippen LogP contribution in [-0.4, -0.2) is 46.8 Å². The van der Waals surface area contributed by atoms with E-state index in [9.17, 15) is 14.0 Å². The minimum Gasteiger partial charge on any atom is -0.465 e. The molecule has 1 amide bonds. The maximum Gasteiger partial charge on any atom is 0.337 e. The monoisotopic (exact) mass is 497 g/mol. The first-order chi connectivity index (χ1) is 17.9. The van der Waals surface area contributed by atoms with Crippen LogP contribution in [0.25, 0.3) is 22.5 Å². The van der Waals surface area contributed by atoms with Crippen molar-refractivity contribution in [2.45, 2.75) is 26.3 Å². The van der Waals surface area contributed by atoms with Gasteiger partial charge in [0.15, 0.2) is 0 Å². The minimum atomic E-state index is -0.362. The van der Waals surface area contributed by atoms with Gasteiger partial charge in [-0.05, 0) is 78.4 Å². The Balaban J connectivity index is 1.39. The zero-order valence-electron chi connectivity index (χ0n) is 20.9. The molecule has 3 aromatic carbocycles. The molecule has 0 unspecified atom stereocenters. The summed E-state index contributed by atoms with van der Waals surface area (Å²) in [5.41, 5.74) is 6.54. The Kier molecular flexibility index (Phi) is 6.86. The Morgan fingerprint density at radius 3 is 2.41 bits per heavy atom. The van der Waals surface area contributed by atoms with Crippen molar-refractivity contribution < 1.29 is 18.7 Å². The lowest BCUT2D eigenvalue weighted by Crippen LogP contribution is -2.36. The van der Waals surface area contributed by atoms with Crippen molar-refractivity contribution in [3.05, 3.63) is 101 Å². The molecule has 0 bridgehead atoms. The molecule has 0 aliphatic carbocycles. The Bertz CT molecular complexity index is 1460. The molecule has 188 valence electrons. The van der Waals surface area contributed by atoms with E-state index in [1.54, 1.807) is 29.8 Å². The van der Waals surface area contributed by atoms with Gasteiger partial charge in [0, 0.05) is 18.7 Å². The van der Waals surface area contributed by atoms with E-state index >= 15 is 0 Å². The number of fused-ring (bicyclic) bond motifs is 1. The summed E-state index contributed by atoms with van der Waals surface area (Å²) in [5, 5.41) is 4.76. The number of methoxy groups -OCH3 is 1. The van der Waals surface area contributed by atoms with Crippen LogP contribution in [0.15, 0.2) is 72.8 Å². The Hall–Kier alpha value is -4.26. The van der Waals surface area contributed by atoms with Gasteiger partial charge in [-0.3, -0.25) is 9.48 Å². The number of halogens is 1. The predicted octanol–water partition coefficient (Wildman–Crippen LogP) is 5.08. The van der Waals surface area contributed by atoms with E-state index in [-0.39, 0.29) is 24.2 Å². The van der Waals surface area contributed by atoms with E-state index in [1.165, 1.54) is 13.2 Å².